The highest BCUT2D eigenvalue weighted by molar-refractivity contribution is 7.92. The van der Waals surface area contributed by atoms with Crippen LogP contribution in [-0.2, 0) is 14.8 Å². The molecular formula is C16H26N2O4S. The Hall–Kier alpha value is -1.76. The fraction of sp³-hybridized carbons (Fsp3) is 0.562. The maximum absolute atomic E-state index is 12.0. The minimum atomic E-state index is -3.42. The van der Waals surface area contributed by atoms with Crippen molar-refractivity contribution in [3.05, 3.63) is 24.3 Å². The average Bonchev–Trinajstić information content (AvgIpc) is 2.50. The molecule has 0 aromatic heterocycles. The predicted molar refractivity (Wildman–Crippen MR) is 92.3 cm³/mol. The number of hydrogen-bond acceptors (Lipinski definition) is 4. The topological polar surface area (TPSA) is 75.7 Å². The fourth-order valence-corrected chi connectivity index (χ4v) is 3.09. The lowest BCUT2D eigenvalue weighted by atomic mass is 10.2. The number of benzene rings is 1. The van der Waals surface area contributed by atoms with Crippen molar-refractivity contribution in [3.8, 4) is 5.75 Å². The summed E-state index contributed by atoms with van der Waals surface area (Å²) >= 11 is 0. The van der Waals surface area contributed by atoms with E-state index in [-0.39, 0.29) is 12.5 Å². The van der Waals surface area contributed by atoms with Crippen molar-refractivity contribution < 1.29 is 17.9 Å². The Morgan fingerprint density at radius 1 is 1.30 bits per heavy atom. The molecule has 1 aromatic rings. The number of carbonyl (C=O) groups excluding carboxylic acids is 1. The quantitative estimate of drug-likeness (QED) is 0.661. The van der Waals surface area contributed by atoms with E-state index in [4.69, 9.17) is 4.74 Å². The van der Waals surface area contributed by atoms with Gasteiger partial charge in [-0.05, 0) is 25.0 Å². The van der Waals surface area contributed by atoms with Crippen LogP contribution in [0.3, 0.4) is 0 Å². The summed E-state index contributed by atoms with van der Waals surface area (Å²) in [5.41, 5.74) is 0.540. The minimum Gasteiger partial charge on any atom is -0.497 e. The number of nitrogens with one attached hydrogen (secondary N) is 1. The molecule has 6 nitrogen and oxygen atoms in total. The third-order valence-electron chi connectivity index (χ3n) is 3.36. The van der Waals surface area contributed by atoms with Crippen molar-refractivity contribution in [1.82, 2.24) is 5.32 Å². The van der Waals surface area contributed by atoms with Gasteiger partial charge >= 0.3 is 0 Å². The molecular weight excluding hydrogens is 316 g/mol. The molecule has 0 heterocycles. The highest BCUT2D eigenvalue weighted by atomic mass is 32.2. The van der Waals surface area contributed by atoms with Gasteiger partial charge in [-0.3, -0.25) is 9.10 Å². The van der Waals surface area contributed by atoms with Gasteiger partial charge < -0.3 is 10.1 Å². The van der Waals surface area contributed by atoms with Crippen molar-refractivity contribution in [2.45, 2.75) is 32.6 Å². The zero-order valence-corrected chi connectivity index (χ0v) is 14.9. The molecule has 0 saturated heterocycles. The standard InChI is InChI=1S/C16H26N2O4S/c1-4-5-11-17-16(19)10-7-12-18(23(3,20)21)14-8-6-9-15(13-14)22-2/h6,8-9,13H,4-5,7,10-12H2,1-3H3,(H,17,19). The van der Waals surface area contributed by atoms with Crippen LogP contribution in [0, 0.1) is 0 Å². The number of sulfonamides is 1. The zero-order valence-electron chi connectivity index (χ0n) is 14.0. The predicted octanol–water partition coefficient (Wildman–Crippen LogP) is 2.16. The zero-order chi connectivity index (χ0) is 17.3. The molecule has 0 saturated carbocycles. The molecule has 130 valence electrons. The van der Waals surface area contributed by atoms with Crippen molar-refractivity contribution in [3.63, 3.8) is 0 Å². The molecule has 0 bridgehead atoms. The normalized spacial score (nSPS) is 11.1. The first-order valence-corrected chi connectivity index (χ1v) is 9.61. The van der Waals surface area contributed by atoms with E-state index in [1.807, 2.05) is 0 Å². The number of hydrogen-bond donors (Lipinski definition) is 1. The first-order chi connectivity index (χ1) is 10.9. The van der Waals surface area contributed by atoms with E-state index in [1.165, 1.54) is 11.4 Å². The summed E-state index contributed by atoms with van der Waals surface area (Å²) in [7, 11) is -1.88. The molecule has 0 spiro atoms. The molecule has 0 aliphatic heterocycles. The Morgan fingerprint density at radius 2 is 2.04 bits per heavy atom. The molecule has 1 amide bonds. The number of nitrogens with zero attached hydrogens (tertiary/aromatic N) is 1. The van der Waals surface area contributed by atoms with Crippen molar-refractivity contribution in [2.75, 3.05) is 30.8 Å². The third-order valence-corrected chi connectivity index (χ3v) is 4.55. The summed E-state index contributed by atoms with van der Waals surface area (Å²) in [5, 5.41) is 2.83. The minimum absolute atomic E-state index is 0.0439. The second-order valence-corrected chi connectivity index (χ2v) is 7.25. The molecule has 0 fully saturated rings. The maximum atomic E-state index is 12.0. The number of methoxy groups -OCH3 is 1. The van der Waals surface area contributed by atoms with Crippen LogP contribution in [0.1, 0.15) is 32.6 Å². The number of rotatable bonds is 10. The van der Waals surface area contributed by atoms with Crippen LogP contribution < -0.4 is 14.4 Å². The number of anilines is 1. The second-order valence-electron chi connectivity index (χ2n) is 5.34. The first kappa shape index (κ1) is 19.3. The Balaban J connectivity index is 2.65. The number of amides is 1. The summed E-state index contributed by atoms with van der Waals surface area (Å²) in [4.78, 5) is 11.7. The van der Waals surface area contributed by atoms with E-state index < -0.39 is 10.0 Å². The van der Waals surface area contributed by atoms with E-state index in [0.29, 0.717) is 30.8 Å². The van der Waals surface area contributed by atoms with Gasteiger partial charge in [-0.15, -0.1) is 0 Å². The molecule has 0 unspecified atom stereocenters. The molecule has 1 rings (SSSR count). The smallest absolute Gasteiger partial charge is 0.232 e. The molecule has 7 heteroatoms. The summed E-state index contributed by atoms with van der Waals surface area (Å²) in [6.45, 7) is 2.98. The molecule has 23 heavy (non-hydrogen) atoms. The van der Waals surface area contributed by atoms with Crippen LogP contribution in [0.15, 0.2) is 24.3 Å². The van der Waals surface area contributed by atoms with Crippen molar-refractivity contribution in [1.29, 1.82) is 0 Å². The lowest BCUT2D eigenvalue weighted by molar-refractivity contribution is -0.121. The van der Waals surface area contributed by atoms with E-state index in [2.05, 4.69) is 12.2 Å². The van der Waals surface area contributed by atoms with Crippen molar-refractivity contribution >= 4 is 21.6 Å². The van der Waals surface area contributed by atoms with E-state index in [1.54, 1.807) is 24.3 Å². The largest absolute Gasteiger partial charge is 0.497 e. The van der Waals surface area contributed by atoms with Crippen LogP contribution in [0.4, 0.5) is 5.69 Å². The molecule has 0 atom stereocenters. The number of carbonyl (C=O) groups is 1. The van der Waals surface area contributed by atoms with Gasteiger partial charge in [0, 0.05) is 25.6 Å². The number of unbranched alkanes of at least 4 members (excludes halogenated alkanes) is 1. The van der Waals surface area contributed by atoms with E-state index >= 15 is 0 Å². The second kappa shape index (κ2) is 9.39. The first-order valence-electron chi connectivity index (χ1n) is 7.77. The molecule has 0 aliphatic carbocycles. The lowest BCUT2D eigenvalue weighted by Crippen LogP contribution is -2.32. The van der Waals surface area contributed by atoms with Gasteiger partial charge in [-0.2, -0.15) is 0 Å². The Morgan fingerprint density at radius 3 is 2.65 bits per heavy atom. The highest BCUT2D eigenvalue weighted by Gasteiger charge is 2.18. The van der Waals surface area contributed by atoms with Gasteiger partial charge in [0.05, 0.1) is 19.1 Å². The summed E-state index contributed by atoms with van der Waals surface area (Å²) in [5.74, 6) is 0.547. The Kier molecular flexibility index (Phi) is 7.88. The molecule has 0 radical (unpaired) electrons. The third kappa shape index (κ3) is 6.90. The van der Waals surface area contributed by atoms with Crippen LogP contribution >= 0.6 is 0 Å². The lowest BCUT2D eigenvalue weighted by Gasteiger charge is -2.22. The monoisotopic (exact) mass is 342 g/mol. The van der Waals surface area contributed by atoms with Gasteiger partial charge in [0.2, 0.25) is 15.9 Å². The van der Waals surface area contributed by atoms with Crippen molar-refractivity contribution in [2.24, 2.45) is 0 Å². The summed E-state index contributed by atoms with van der Waals surface area (Å²) < 4.78 is 30.4. The van der Waals surface area contributed by atoms with Crippen LogP contribution in [0.2, 0.25) is 0 Å². The summed E-state index contributed by atoms with van der Waals surface area (Å²) in [6.07, 6.45) is 3.90. The molecule has 0 aliphatic rings. The summed E-state index contributed by atoms with van der Waals surface area (Å²) in [6, 6.07) is 6.88. The highest BCUT2D eigenvalue weighted by Crippen LogP contribution is 2.23. The van der Waals surface area contributed by atoms with Gasteiger partial charge in [0.25, 0.3) is 0 Å². The van der Waals surface area contributed by atoms with Crippen LogP contribution in [0.25, 0.3) is 0 Å². The van der Waals surface area contributed by atoms with Crippen LogP contribution in [-0.4, -0.2) is 40.8 Å². The maximum Gasteiger partial charge on any atom is 0.232 e. The van der Waals surface area contributed by atoms with Gasteiger partial charge in [0.15, 0.2) is 0 Å². The van der Waals surface area contributed by atoms with E-state index in [0.717, 1.165) is 19.1 Å². The van der Waals surface area contributed by atoms with Gasteiger partial charge in [-0.25, -0.2) is 8.42 Å². The Bertz CT molecular complexity index is 602. The van der Waals surface area contributed by atoms with Gasteiger partial charge in [-0.1, -0.05) is 19.4 Å². The molecule has 1 N–H and O–H groups in total. The van der Waals surface area contributed by atoms with Crippen LogP contribution in [0.5, 0.6) is 5.75 Å². The Labute approximate surface area is 138 Å². The SMILES string of the molecule is CCCCNC(=O)CCCN(c1cccc(OC)c1)S(C)(=O)=O. The van der Waals surface area contributed by atoms with E-state index in [9.17, 15) is 13.2 Å². The van der Waals surface area contributed by atoms with Gasteiger partial charge in [0.1, 0.15) is 5.75 Å². The fourth-order valence-electron chi connectivity index (χ4n) is 2.13. The number of ether oxygens (including phenoxy) is 1. The average molecular weight is 342 g/mol. The molecule has 1 aromatic carbocycles.